The van der Waals surface area contributed by atoms with Gasteiger partial charge in [-0.25, -0.2) is 9.37 Å². The number of Topliss-reactive ketones (excluding diaryl/α,β-unsaturated/α-hetero) is 1. The number of benzene rings is 2. The highest BCUT2D eigenvalue weighted by atomic mass is 32.2. The van der Waals surface area contributed by atoms with Crippen molar-refractivity contribution in [3.63, 3.8) is 0 Å². The van der Waals surface area contributed by atoms with Gasteiger partial charge in [0, 0.05) is 18.3 Å². The van der Waals surface area contributed by atoms with Crippen LogP contribution in [0.3, 0.4) is 0 Å². The summed E-state index contributed by atoms with van der Waals surface area (Å²) in [4.78, 5) is 30.0. The van der Waals surface area contributed by atoms with E-state index in [2.05, 4.69) is 4.98 Å². The molecular formula is C21H16FN3O2S3. The third kappa shape index (κ3) is 3.88. The Labute approximate surface area is 184 Å². The highest BCUT2D eigenvalue weighted by molar-refractivity contribution is 7.99. The minimum Gasteiger partial charge on any atom is -0.293 e. The monoisotopic (exact) mass is 457 g/mol. The standard InChI is InChI=1S/C21H16FN3O2S3/c1-12-3-9-15(10-4-12)25-18-17(30-21(25)28)19(27)24(2)20(23-18)29-11-16(26)13-5-7-14(22)8-6-13/h3-10H,11H2,1-2H3. The summed E-state index contributed by atoms with van der Waals surface area (Å²) >= 11 is 7.88. The Balaban J connectivity index is 1.73. The van der Waals surface area contributed by atoms with Gasteiger partial charge in [0.15, 0.2) is 20.5 Å². The smallest absolute Gasteiger partial charge is 0.273 e. The van der Waals surface area contributed by atoms with Crippen molar-refractivity contribution in [2.75, 3.05) is 5.75 Å². The van der Waals surface area contributed by atoms with Gasteiger partial charge in [-0.3, -0.25) is 18.7 Å². The van der Waals surface area contributed by atoms with Gasteiger partial charge in [-0.15, -0.1) is 0 Å². The van der Waals surface area contributed by atoms with Gasteiger partial charge in [0.05, 0.1) is 5.75 Å². The molecule has 5 nitrogen and oxygen atoms in total. The zero-order valence-corrected chi connectivity index (χ0v) is 18.5. The van der Waals surface area contributed by atoms with E-state index < -0.39 is 5.82 Å². The molecule has 0 N–H and O–H groups in total. The number of carbonyl (C=O) groups excluding carboxylic acids is 1. The Bertz CT molecular complexity index is 1370. The van der Waals surface area contributed by atoms with Crippen LogP contribution in [0, 0.1) is 16.7 Å². The molecular weight excluding hydrogens is 441 g/mol. The Kier molecular flexibility index (Phi) is 5.68. The number of nitrogens with zero attached hydrogens (tertiary/aromatic N) is 3. The molecule has 0 aliphatic heterocycles. The van der Waals surface area contributed by atoms with E-state index in [1.54, 1.807) is 11.6 Å². The van der Waals surface area contributed by atoms with Gasteiger partial charge >= 0.3 is 0 Å². The second kappa shape index (κ2) is 8.25. The number of rotatable bonds is 5. The third-order valence-electron chi connectivity index (χ3n) is 4.56. The maximum atomic E-state index is 13.1. The Morgan fingerprint density at radius 1 is 1.17 bits per heavy atom. The number of fused-ring (bicyclic) bond motifs is 1. The van der Waals surface area contributed by atoms with Gasteiger partial charge in [0.25, 0.3) is 5.56 Å². The molecule has 0 radical (unpaired) electrons. The van der Waals surface area contributed by atoms with E-state index in [1.165, 1.54) is 40.2 Å². The van der Waals surface area contributed by atoms with Crippen molar-refractivity contribution < 1.29 is 9.18 Å². The zero-order chi connectivity index (χ0) is 21.4. The van der Waals surface area contributed by atoms with Crippen LogP contribution in [0.2, 0.25) is 0 Å². The normalized spacial score (nSPS) is 11.2. The fourth-order valence-electron chi connectivity index (χ4n) is 2.91. The van der Waals surface area contributed by atoms with Crippen LogP contribution < -0.4 is 5.56 Å². The Morgan fingerprint density at radius 3 is 2.50 bits per heavy atom. The number of aryl methyl sites for hydroxylation is 1. The first-order chi connectivity index (χ1) is 14.3. The number of halogens is 1. The van der Waals surface area contributed by atoms with E-state index in [0.29, 0.717) is 25.0 Å². The largest absolute Gasteiger partial charge is 0.293 e. The minimum absolute atomic E-state index is 0.0762. The van der Waals surface area contributed by atoms with Crippen LogP contribution in [0.15, 0.2) is 58.5 Å². The molecule has 0 aliphatic rings. The number of carbonyl (C=O) groups is 1. The second-order valence-corrected chi connectivity index (χ2v) is 9.26. The van der Waals surface area contributed by atoms with E-state index in [-0.39, 0.29) is 17.1 Å². The van der Waals surface area contributed by atoms with Crippen molar-refractivity contribution in [3.05, 3.63) is 79.8 Å². The lowest BCUT2D eigenvalue weighted by Crippen LogP contribution is -2.20. The molecule has 9 heteroatoms. The Hall–Kier alpha value is -2.62. The molecule has 0 bridgehead atoms. The minimum atomic E-state index is -0.397. The van der Waals surface area contributed by atoms with Crippen LogP contribution in [0.25, 0.3) is 16.0 Å². The van der Waals surface area contributed by atoms with Crippen molar-refractivity contribution in [1.29, 1.82) is 0 Å². The second-order valence-electron chi connectivity index (χ2n) is 6.67. The first-order valence-corrected chi connectivity index (χ1v) is 11.2. The summed E-state index contributed by atoms with van der Waals surface area (Å²) in [5, 5.41) is 0.414. The lowest BCUT2D eigenvalue weighted by molar-refractivity contribution is 0.102. The predicted molar refractivity (Wildman–Crippen MR) is 121 cm³/mol. The van der Waals surface area contributed by atoms with E-state index in [0.717, 1.165) is 23.0 Å². The average molecular weight is 458 g/mol. The lowest BCUT2D eigenvalue weighted by atomic mass is 10.1. The van der Waals surface area contributed by atoms with Gasteiger partial charge in [-0.05, 0) is 55.5 Å². The third-order valence-corrected chi connectivity index (χ3v) is 6.95. The van der Waals surface area contributed by atoms with Gasteiger partial charge in [0.1, 0.15) is 10.5 Å². The van der Waals surface area contributed by atoms with Crippen LogP contribution in [-0.2, 0) is 7.05 Å². The lowest BCUT2D eigenvalue weighted by Gasteiger charge is -2.09. The van der Waals surface area contributed by atoms with Crippen molar-refractivity contribution in [2.45, 2.75) is 12.1 Å². The molecule has 0 amide bonds. The molecule has 30 heavy (non-hydrogen) atoms. The molecule has 2 heterocycles. The predicted octanol–water partition coefficient (Wildman–Crippen LogP) is 4.94. The number of thioether (sulfide) groups is 1. The molecule has 0 aliphatic carbocycles. The van der Waals surface area contributed by atoms with Crippen molar-refractivity contribution in [2.24, 2.45) is 7.05 Å². The summed E-state index contributed by atoms with van der Waals surface area (Å²) in [5.41, 5.74) is 2.63. The van der Waals surface area contributed by atoms with Crippen LogP contribution in [0.4, 0.5) is 4.39 Å². The van der Waals surface area contributed by atoms with Crippen LogP contribution in [-0.4, -0.2) is 25.7 Å². The number of ketones is 1. The summed E-state index contributed by atoms with van der Waals surface area (Å²) in [6, 6.07) is 13.2. The number of aromatic nitrogens is 3. The molecule has 0 fully saturated rings. The van der Waals surface area contributed by atoms with Crippen LogP contribution in [0.5, 0.6) is 0 Å². The van der Waals surface area contributed by atoms with Gasteiger partial charge in [-0.1, -0.05) is 40.8 Å². The molecule has 0 saturated carbocycles. The van der Waals surface area contributed by atoms with Gasteiger partial charge < -0.3 is 0 Å². The number of hydrogen-bond acceptors (Lipinski definition) is 6. The van der Waals surface area contributed by atoms with E-state index in [1.807, 2.05) is 31.2 Å². The van der Waals surface area contributed by atoms with E-state index >= 15 is 0 Å². The van der Waals surface area contributed by atoms with Crippen molar-refractivity contribution in [3.8, 4) is 5.69 Å². The van der Waals surface area contributed by atoms with Crippen LogP contribution in [0.1, 0.15) is 15.9 Å². The van der Waals surface area contributed by atoms with Gasteiger partial charge in [0.2, 0.25) is 0 Å². The highest BCUT2D eigenvalue weighted by Crippen LogP contribution is 2.26. The number of thiazole rings is 1. The summed E-state index contributed by atoms with van der Waals surface area (Å²) < 4.78 is 17.3. The average Bonchev–Trinajstić information content (AvgIpc) is 3.06. The molecule has 152 valence electrons. The summed E-state index contributed by atoms with van der Waals surface area (Å²) in [6.07, 6.45) is 0. The first kappa shape index (κ1) is 20.6. The molecule has 2 aromatic carbocycles. The Morgan fingerprint density at radius 2 is 1.83 bits per heavy atom. The maximum absolute atomic E-state index is 13.1. The zero-order valence-electron chi connectivity index (χ0n) is 16.1. The molecule has 0 saturated heterocycles. The summed E-state index contributed by atoms with van der Waals surface area (Å²) in [5.74, 6) is -0.492. The maximum Gasteiger partial charge on any atom is 0.273 e. The molecule has 0 spiro atoms. The molecule has 0 atom stereocenters. The van der Waals surface area contributed by atoms with Gasteiger partial charge in [-0.2, -0.15) is 0 Å². The fourth-order valence-corrected chi connectivity index (χ4v) is 5.12. The number of hydrogen-bond donors (Lipinski definition) is 0. The van der Waals surface area contributed by atoms with Crippen molar-refractivity contribution >= 4 is 51.4 Å². The summed E-state index contributed by atoms with van der Waals surface area (Å²) in [6.45, 7) is 2.00. The van der Waals surface area contributed by atoms with Crippen molar-refractivity contribution in [1.82, 2.24) is 14.1 Å². The quantitative estimate of drug-likeness (QED) is 0.184. The topological polar surface area (TPSA) is 56.9 Å². The van der Waals surface area contributed by atoms with E-state index in [4.69, 9.17) is 12.2 Å². The first-order valence-electron chi connectivity index (χ1n) is 8.96. The fraction of sp³-hybridized carbons (Fsp3) is 0.143. The SMILES string of the molecule is Cc1ccc(-n2c(=S)sc3c(=O)n(C)c(SCC(=O)c4ccc(F)cc4)nc32)cc1. The molecule has 4 aromatic rings. The molecule has 4 rings (SSSR count). The highest BCUT2D eigenvalue weighted by Gasteiger charge is 2.17. The van der Waals surface area contributed by atoms with E-state index in [9.17, 15) is 14.0 Å². The molecule has 0 unspecified atom stereocenters. The molecule has 2 aromatic heterocycles. The summed E-state index contributed by atoms with van der Waals surface area (Å²) in [7, 11) is 1.62. The van der Waals surface area contributed by atoms with Crippen LogP contribution >= 0.6 is 35.3 Å².